The van der Waals surface area contributed by atoms with E-state index in [2.05, 4.69) is 15.6 Å². The molecular formula is C17H22FN3O2. The van der Waals surface area contributed by atoms with Crippen LogP contribution in [0, 0.1) is 5.82 Å². The Morgan fingerprint density at radius 3 is 2.78 bits per heavy atom. The van der Waals surface area contributed by atoms with Crippen molar-refractivity contribution in [1.82, 2.24) is 10.6 Å². The van der Waals surface area contributed by atoms with Crippen LogP contribution in [0.5, 0.6) is 5.75 Å². The van der Waals surface area contributed by atoms with Gasteiger partial charge in [0.25, 0.3) is 0 Å². The normalized spacial score (nSPS) is 12.7. The molecule has 0 amide bonds. The van der Waals surface area contributed by atoms with Crippen molar-refractivity contribution < 1.29 is 13.5 Å². The number of nitrogens with zero attached hydrogens (tertiary/aromatic N) is 1. The van der Waals surface area contributed by atoms with Gasteiger partial charge in [0.05, 0.1) is 12.8 Å². The van der Waals surface area contributed by atoms with E-state index in [1.165, 1.54) is 6.07 Å². The first-order chi connectivity index (χ1) is 11.2. The van der Waals surface area contributed by atoms with Gasteiger partial charge >= 0.3 is 0 Å². The number of aliphatic imine (C=N–C) groups is 1. The SMILES string of the molecule is CCNC(=NCc1ccco1)NCC(C)Oc1ccccc1F. The van der Waals surface area contributed by atoms with E-state index in [4.69, 9.17) is 9.15 Å². The second-order valence-electron chi connectivity index (χ2n) is 5.01. The lowest BCUT2D eigenvalue weighted by Gasteiger charge is -2.17. The third-order valence-corrected chi connectivity index (χ3v) is 3.04. The number of guanidine groups is 1. The summed E-state index contributed by atoms with van der Waals surface area (Å²) in [6, 6.07) is 10.1. The average molecular weight is 319 g/mol. The van der Waals surface area contributed by atoms with Crippen LogP contribution in [-0.2, 0) is 6.54 Å². The maximum absolute atomic E-state index is 13.6. The Balaban J connectivity index is 1.85. The molecule has 6 heteroatoms. The van der Waals surface area contributed by atoms with Crippen molar-refractivity contribution in [3.8, 4) is 5.75 Å². The molecule has 1 aromatic carbocycles. The lowest BCUT2D eigenvalue weighted by molar-refractivity contribution is 0.214. The zero-order valence-electron chi connectivity index (χ0n) is 13.4. The fourth-order valence-corrected chi connectivity index (χ4v) is 1.94. The first-order valence-electron chi connectivity index (χ1n) is 7.64. The zero-order chi connectivity index (χ0) is 16.5. The van der Waals surface area contributed by atoms with Gasteiger partial charge < -0.3 is 19.8 Å². The fourth-order valence-electron chi connectivity index (χ4n) is 1.94. The Morgan fingerprint density at radius 1 is 1.26 bits per heavy atom. The van der Waals surface area contributed by atoms with Crippen molar-refractivity contribution in [2.24, 2.45) is 4.99 Å². The molecule has 1 unspecified atom stereocenters. The molecule has 0 aliphatic rings. The van der Waals surface area contributed by atoms with E-state index in [-0.39, 0.29) is 17.7 Å². The number of hydrogen-bond donors (Lipinski definition) is 2. The van der Waals surface area contributed by atoms with Crippen LogP contribution < -0.4 is 15.4 Å². The summed E-state index contributed by atoms with van der Waals surface area (Å²) in [5.41, 5.74) is 0. The number of rotatable bonds is 7. The van der Waals surface area contributed by atoms with Crippen molar-refractivity contribution in [3.05, 3.63) is 54.2 Å². The van der Waals surface area contributed by atoms with Crippen molar-refractivity contribution in [1.29, 1.82) is 0 Å². The van der Waals surface area contributed by atoms with Crippen LogP contribution in [0.15, 0.2) is 52.1 Å². The van der Waals surface area contributed by atoms with E-state index in [1.807, 2.05) is 26.0 Å². The van der Waals surface area contributed by atoms with E-state index in [9.17, 15) is 4.39 Å². The first kappa shape index (κ1) is 16.9. The van der Waals surface area contributed by atoms with Crippen molar-refractivity contribution in [3.63, 3.8) is 0 Å². The van der Waals surface area contributed by atoms with Gasteiger partial charge in [-0.15, -0.1) is 0 Å². The first-order valence-corrected chi connectivity index (χ1v) is 7.64. The number of nitrogens with one attached hydrogen (secondary N) is 2. The van der Waals surface area contributed by atoms with Gasteiger partial charge in [-0.25, -0.2) is 9.38 Å². The predicted molar refractivity (Wildman–Crippen MR) is 88.0 cm³/mol. The van der Waals surface area contributed by atoms with Gasteiger partial charge in [-0.05, 0) is 38.1 Å². The monoisotopic (exact) mass is 319 g/mol. The molecule has 2 rings (SSSR count). The number of benzene rings is 1. The topological polar surface area (TPSA) is 58.8 Å². The minimum atomic E-state index is -0.363. The second-order valence-corrected chi connectivity index (χ2v) is 5.01. The van der Waals surface area contributed by atoms with Gasteiger partial charge in [-0.2, -0.15) is 0 Å². The van der Waals surface area contributed by atoms with Crippen LogP contribution in [0.4, 0.5) is 4.39 Å². The van der Waals surface area contributed by atoms with Gasteiger partial charge in [0, 0.05) is 6.54 Å². The smallest absolute Gasteiger partial charge is 0.191 e. The van der Waals surface area contributed by atoms with E-state index in [0.29, 0.717) is 19.0 Å². The quantitative estimate of drug-likeness (QED) is 0.608. The zero-order valence-corrected chi connectivity index (χ0v) is 13.4. The number of hydrogen-bond acceptors (Lipinski definition) is 3. The minimum absolute atomic E-state index is 0.209. The molecule has 0 fully saturated rings. The molecule has 0 bridgehead atoms. The van der Waals surface area contributed by atoms with E-state index >= 15 is 0 Å². The Hall–Kier alpha value is -2.50. The molecule has 23 heavy (non-hydrogen) atoms. The molecular weight excluding hydrogens is 297 g/mol. The summed E-state index contributed by atoms with van der Waals surface area (Å²) in [7, 11) is 0. The fraction of sp³-hybridized carbons (Fsp3) is 0.353. The van der Waals surface area contributed by atoms with Crippen LogP contribution in [0.3, 0.4) is 0 Å². The molecule has 2 aromatic rings. The Morgan fingerprint density at radius 2 is 2.09 bits per heavy atom. The molecule has 1 aromatic heterocycles. The standard InChI is InChI=1S/C17H22FN3O2/c1-3-19-17(21-12-14-7-6-10-22-14)20-11-13(2)23-16-9-5-4-8-15(16)18/h4-10,13H,3,11-12H2,1-2H3,(H2,19,20,21). The Kier molecular flexibility index (Phi) is 6.47. The average Bonchev–Trinajstić information content (AvgIpc) is 3.06. The van der Waals surface area contributed by atoms with E-state index in [0.717, 1.165) is 12.3 Å². The third kappa shape index (κ3) is 5.65. The maximum Gasteiger partial charge on any atom is 0.191 e. The minimum Gasteiger partial charge on any atom is -0.486 e. The number of ether oxygens (including phenoxy) is 1. The molecule has 0 saturated carbocycles. The second kappa shape index (κ2) is 8.82. The lowest BCUT2D eigenvalue weighted by atomic mass is 10.3. The van der Waals surface area contributed by atoms with E-state index < -0.39 is 0 Å². The molecule has 1 heterocycles. The Bertz CT molecular complexity index is 614. The number of halogens is 1. The highest BCUT2D eigenvalue weighted by atomic mass is 19.1. The summed E-state index contributed by atoms with van der Waals surface area (Å²) < 4.78 is 24.4. The third-order valence-electron chi connectivity index (χ3n) is 3.04. The maximum atomic E-state index is 13.6. The largest absolute Gasteiger partial charge is 0.486 e. The summed E-state index contributed by atoms with van der Waals surface area (Å²) in [4.78, 5) is 4.42. The summed E-state index contributed by atoms with van der Waals surface area (Å²) in [5.74, 6) is 1.34. The molecule has 2 N–H and O–H groups in total. The Labute approximate surface area is 135 Å². The lowest BCUT2D eigenvalue weighted by Crippen LogP contribution is -2.41. The van der Waals surface area contributed by atoms with Crippen LogP contribution >= 0.6 is 0 Å². The highest BCUT2D eigenvalue weighted by Gasteiger charge is 2.09. The van der Waals surface area contributed by atoms with Gasteiger partial charge in [0.2, 0.25) is 0 Å². The van der Waals surface area contributed by atoms with Gasteiger partial charge in [-0.3, -0.25) is 0 Å². The van der Waals surface area contributed by atoms with Crippen LogP contribution in [0.25, 0.3) is 0 Å². The molecule has 0 radical (unpaired) electrons. The summed E-state index contributed by atoms with van der Waals surface area (Å²) in [6.45, 7) is 5.55. The highest BCUT2D eigenvalue weighted by molar-refractivity contribution is 5.79. The van der Waals surface area contributed by atoms with Crippen molar-refractivity contribution in [2.75, 3.05) is 13.1 Å². The van der Waals surface area contributed by atoms with Crippen molar-refractivity contribution >= 4 is 5.96 Å². The van der Waals surface area contributed by atoms with Gasteiger partial charge in [-0.1, -0.05) is 12.1 Å². The molecule has 1 atom stereocenters. The molecule has 0 aliphatic carbocycles. The summed E-state index contributed by atoms with van der Waals surface area (Å²) >= 11 is 0. The predicted octanol–water partition coefficient (Wildman–Crippen LogP) is 2.94. The summed E-state index contributed by atoms with van der Waals surface area (Å²) in [6.07, 6.45) is 1.41. The van der Waals surface area contributed by atoms with Crippen LogP contribution in [0.2, 0.25) is 0 Å². The molecule has 0 spiro atoms. The van der Waals surface area contributed by atoms with Gasteiger partial charge in [0.1, 0.15) is 18.4 Å². The van der Waals surface area contributed by atoms with Crippen LogP contribution in [0.1, 0.15) is 19.6 Å². The van der Waals surface area contributed by atoms with Gasteiger partial charge in [0.15, 0.2) is 17.5 Å². The summed E-state index contributed by atoms with van der Waals surface area (Å²) in [5, 5.41) is 6.32. The molecule has 124 valence electrons. The van der Waals surface area contributed by atoms with Crippen molar-refractivity contribution in [2.45, 2.75) is 26.5 Å². The van der Waals surface area contributed by atoms with Crippen LogP contribution in [-0.4, -0.2) is 25.2 Å². The molecule has 5 nitrogen and oxygen atoms in total. The number of para-hydroxylation sites is 1. The highest BCUT2D eigenvalue weighted by Crippen LogP contribution is 2.16. The van der Waals surface area contributed by atoms with E-state index in [1.54, 1.807) is 24.5 Å². The number of furan rings is 1. The molecule has 0 aliphatic heterocycles. The molecule has 0 saturated heterocycles.